The highest BCUT2D eigenvalue weighted by atomic mass is 32.2. The Hall–Kier alpha value is -0.670. The van der Waals surface area contributed by atoms with E-state index in [9.17, 15) is 5.11 Å². The van der Waals surface area contributed by atoms with Crippen molar-refractivity contribution >= 4 is 11.8 Å². The van der Waals surface area contributed by atoms with E-state index in [0.717, 1.165) is 22.8 Å². The van der Waals surface area contributed by atoms with Crippen LogP contribution in [0.2, 0.25) is 0 Å². The van der Waals surface area contributed by atoms with Gasteiger partial charge in [-0.2, -0.15) is 11.8 Å². The summed E-state index contributed by atoms with van der Waals surface area (Å²) in [5.74, 6) is 3.25. The van der Waals surface area contributed by atoms with Crippen LogP contribution in [-0.2, 0) is 0 Å². The number of hydrogen-bond acceptors (Lipinski definition) is 3. The average molecular weight is 268 g/mol. The van der Waals surface area contributed by atoms with Gasteiger partial charge in [0.25, 0.3) is 0 Å². The standard InChI is InChI=1S/C15H24O2S/c1-11(2)9-18-10-14(16)13-7-5-6-8-15(13)17-12(3)4/h5-8,11-12,14,16H,9-10H2,1-4H3. The number of para-hydroxylation sites is 1. The summed E-state index contributed by atoms with van der Waals surface area (Å²) in [6.07, 6.45) is -0.328. The summed E-state index contributed by atoms with van der Waals surface area (Å²) in [7, 11) is 0. The van der Waals surface area contributed by atoms with Crippen molar-refractivity contribution in [1.29, 1.82) is 0 Å². The lowest BCUT2D eigenvalue weighted by Crippen LogP contribution is -2.10. The molecule has 1 N–H and O–H groups in total. The van der Waals surface area contributed by atoms with Crippen LogP contribution in [0, 0.1) is 5.92 Å². The molecule has 102 valence electrons. The van der Waals surface area contributed by atoms with Gasteiger partial charge in [-0.1, -0.05) is 32.0 Å². The smallest absolute Gasteiger partial charge is 0.125 e. The molecule has 1 unspecified atom stereocenters. The van der Waals surface area contributed by atoms with Gasteiger partial charge >= 0.3 is 0 Å². The lowest BCUT2D eigenvalue weighted by molar-refractivity contribution is 0.186. The van der Waals surface area contributed by atoms with Gasteiger partial charge in [-0.3, -0.25) is 0 Å². The van der Waals surface area contributed by atoms with E-state index in [0.29, 0.717) is 5.92 Å². The van der Waals surface area contributed by atoms with Crippen molar-refractivity contribution in [3.05, 3.63) is 29.8 Å². The number of rotatable bonds is 7. The molecule has 18 heavy (non-hydrogen) atoms. The predicted molar refractivity (Wildman–Crippen MR) is 79.3 cm³/mol. The van der Waals surface area contributed by atoms with E-state index in [1.807, 2.05) is 38.1 Å². The van der Waals surface area contributed by atoms with Crippen LogP contribution in [0.15, 0.2) is 24.3 Å². The fraction of sp³-hybridized carbons (Fsp3) is 0.600. The van der Waals surface area contributed by atoms with Gasteiger partial charge in [0.05, 0.1) is 12.2 Å². The third kappa shape index (κ3) is 5.32. The zero-order valence-electron chi connectivity index (χ0n) is 11.7. The van der Waals surface area contributed by atoms with Crippen molar-refractivity contribution in [2.45, 2.75) is 39.9 Å². The van der Waals surface area contributed by atoms with E-state index >= 15 is 0 Å². The van der Waals surface area contributed by atoms with E-state index in [1.165, 1.54) is 0 Å². The lowest BCUT2D eigenvalue weighted by Gasteiger charge is -2.18. The Balaban J connectivity index is 2.63. The number of aliphatic hydroxyl groups is 1. The van der Waals surface area contributed by atoms with E-state index in [4.69, 9.17) is 4.74 Å². The summed E-state index contributed by atoms with van der Waals surface area (Å²) >= 11 is 1.79. The molecule has 1 atom stereocenters. The van der Waals surface area contributed by atoms with Gasteiger partial charge in [-0.25, -0.2) is 0 Å². The minimum absolute atomic E-state index is 0.127. The Bertz CT molecular complexity index is 350. The minimum atomic E-state index is -0.455. The molecule has 0 bridgehead atoms. The van der Waals surface area contributed by atoms with Gasteiger partial charge in [-0.05, 0) is 31.6 Å². The first-order valence-electron chi connectivity index (χ1n) is 6.52. The quantitative estimate of drug-likeness (QED) is 0.813. The molecule has 0 aliphatic heterocycles. The molecule has 0 saturated carbocycles. The van der Waals surface area contributed by atoms with Crippen LogP contribution in [-0.4, -0.2) is 22.7 Å². The predicted octanol–water partition coefficient (Wildman–Crippen LogP) is 3.90. The summed E-state index contributed by atoms with van der Waals surface area (Å²) in [5.41, 5.74) is 0.891. The number of aliphatic hydroxyl groups excluding tert-OH is 1. The fourth-order valence-corrected chi connectivity index (χ4v) is 2.63. The number of ether oxygens (including phenoxy) is 1. The van der Waals surface area contributed by atoms with Crippen LogP contribution < -0.4 is 4.74 Å². The maximum Gasteiger partial charge on any atom is 0.125 e. The van der Waals surface area contributed by atoms with Crippen molar-refractivity contribution in [1.82, 2.24) is 0 Å². The summed E-state index contributed by atoms with van der Waals surface area (Å²) in [4.78, 5) is 0. The first-order valence-corrected chi connectivity index (χ1v) is 7.67. The van der Waals surface area contributed by atoms with Crippen molar-refractivity contribution < 1.29 is 9.84 Å². The van der Waals surface area contributed by atoms with Gasteiger partial charge in [-0.15, -0.1) is 0 Å². The van der Waals surface area contributed by atoms with Crippen LogP contribution in [0.4, 0.5) is 0 Å². The Morgan fingerprint density at radius 3 is 2.39 bits per heavy atom. The summed E-state index contributed by atoms with van der Waals surface area (Å²) in [6, 6.07) is 7.75. The van der Waals surface area contributed by atoms with E-state index in [1.54, 1.807) is 11.8 Å². The summed E-state index contributed by atoms with van der Waals surface area (Å²) in [6.45, 7) is 8.37. The molecule has 0 spiro atoms. The SMILES string of the molecule is CC(C)CSCC(O)c1ccccc1OC(C)C. The molecule has 0 radical (unpaired) electrons. The largest absolute Gasteiger partial charge is 0.491 e. The second-order valence-corrected chi connectivity index (χ2v) is 6.23. The van der Waals surface area contributed by atoms with Crippen molar-refractivity contribution in [2.24, 2.45) is 5.92 Å². The van der Waals surface area contributed by atoms with Gasteiger partial charge in [0.2, 0.25) is 0 Å². The molecule has 3 heteroatoms. The summed E-state index contributed by atoms with van der Waals surface area (Å²) < 4.78 is 5.72. The molecule has 0 saturated heterocycles. The normalized spacial score (nSPS) is 13.1. The Morgan fingerprint density at radius 1 is 1.11 bits per heavy atom. The van der Waals surface area contributed by atoms with Crippen LogP contribution in [0.3, 0.4) is 0 Å². The maximum atomic E-state index is 10.2. The van der Waals surface area contributed by atoms with E-state index in [-0.39, 0.29) is 6.10 Å². The fourth-order valence-electron chi connectivity index (χ4n) is 1.62. The molecule has 2 nitrogen and oxygen atoms in total. The second kappa shape index (κ2) is 7.70. The minimum Gasteiger partial charge on any atom is -0.491 e. The molecule has 0 amide bonds. The molecule has 0 aliphatic rings. The molecule has 1 aromatic rings. The van der Waals surface area contributed by atoms with Crippen LogP contribution in [0.5, 0.6) is 5.75 Å². The first kappa shape index (κ1) is 15.4. The highest BCUT2D eigenvalue weighted by molar-refractivity contribution is 7.99. The topological polar surface area (TPSA) is 29.5 Å². The Labute approximate surface area is 115 Å². The van der Waals surface area contributed by atoms with Crippen molar-refractivity contribution in [2.75, 3.05) is 11.5 Å². The highest BCUT2D eigenvalue weighted by Gasteiger charge is 2.14. The molecular weight excluding hydrogens is 244 g/mol. The lowest BCUT2D eigenvalue weighted by atomic mass is 10.1. The second-order valence-electron chi connectivity index (χ2n) is 5.15. The van der Waals surface area contributed by atoms with Gasteiger partial charge in [0.1, 0.15) is 5.75 Å². The monoisotopic (exact) mass is 268 g/mol. The molecule has 0 heterocycles. The molecule has 0 aliphatic carbocycles. The van der Waals surface area contributed by atoms with E-state index in [2.05, 4.69) is 13.8 Å². The Morgan fingerprint density at radius 2 is 1.78 bits per heavy atom. The number of benzene rings is 1. The average Bonchev–Trinajstić information content (AvgIpc) is 2.28. The zero-order chi connectivity index (χ0) is 13.5. The summed E-state index contributed by atoms with van der Waals surface area (Å²) in [5, 5.41) is 10.2. The first-order chi connectivity index (χ1) is 8.50. The van der Waals surface area contributed by atoms with Crippen molar-refractivity contribution in [3.8, 4) is 5.75 Å². The Kier molecular flexibility index (Phi) is 6.58. The van der Waals surface area contributed by atoms with Gasteiger partial charge < -0.3 is 9.84 Å². The molecule has 0 fully saturated rings. The number of hydrogen-bond donors (Lipinski definition) is 1. The van der Waals surface area contributed by atoms with E-state index < -0.39 is 6.10 Å². The maximum absolute atomic E-state index is 10.2. The highest BCUT2D eigenvalue weighted by Crippen LogP contribution is 2.28. The zero-order valence-corrected chi connectivity index (χ0v) is 12.5. The van der Waals surface area contributed by atoms with Crippen LogP contribution in [0.25, 0.3) is 0 Å². The van der Waals surface area contributed by atoms with Crippen molar-refractivity contribution in [3.63, 3.8) is 0 Å². The number of thioether (sulfide) groups is 1. The molecule has 1 rings (SSSR count). The van der Waals surface area contributed by atoms with Gasteiger partial charge in [0, 0.05) is 11.3 Å². The third-order valence-corrected chi connectivity index (χ3v) is 3.82. The van der Waals surface area contributed by atoms with Gasteiger partial charge in [0.15, 0.2) is 0 Å². The molecule has 1 aromatic carbocycles. The van der Waals surface area contributed by atoms with Crippen LogP contribution in [0.1, 0.15) is 39.4 Å². The third-order valence-electron chi connectivity index (χ3n) is 2.37. The molecular formula is C15H24O2S. The van der Waals surface area contributed by atoms with Crippen LogP contribution >= 0.6 is 11.8 Å². The molecule has 0 aromatic heterocycles.